The quantitative estimate of drug-likeness (QED) is 0.622. The summed E-state index contributed by atoms with van der Waals surface area (Å²) in [6, 6.07) is 0. The second kappa shape index (κ2) is 6.20. The Bertz CT molecular complexity index is 452. The predicted octanol–water partition coefficient (Wildman–Crippen LogP) is 3.56. The summed E-state index contributed by atoms with van der Waals surface area (Å²) in [6.07, 6.45) is 6.25. The maximum Gasteiger partial charge on any atom is 0.312 e. The lowest BCUT2D eigenvalue weighted by Gasteiger charge is -2.42. The lowest BCUT2D eigenvalue weighted by atomic mass is 9.63. The Balaban J connectivity index is 2.11. The van der Waals surface area contributed by atoms with Crippen LogP contribution in [0.25, 0.3) is 0 Å². The molecule has 2 aliphatic carbocycles. The number of fused-ring (bicyclic) bond motifs is 2. The molecule has 1 N–H and O–H groups in total. The summed E-state index contributed by atoms with van der Waals surface area (Å²) in [4.78, 5) is 23.7. The molecule has 1 saturated carbocycles. The van der Waals surface area contributed by atoms with Crippen molar-refractivity contribution in [1.82, 2.24) is 0 Å². The average Bonchev–Trinajstić information content (AvgIpc) is 2.36. The molecule has 0 aromatic heterocycles. The molecule has 3 atom stereocenters. The summed E-state index contributed by atoms with van der Waals surface area (Å²) in [5.74, 6) is -0.681. The number of hydrogen-bond acceptors (Lipinski definition) is 3. The van der Waals surface area contributed by atoms with E-state index in [1.165, 1.54) is 5.57 Å². The van der Waals surface area contributed by atoms with Gasteiger partial charge in [-0.05, 0) is 43.9 Å². The maximum absolute atomic E-state index is 12.7. The van der Waals surface area contributed by atoms with Crippen molar-refractivity contribution in [1.29, 1.82) is 0 Å². The Morgan fingerprint density at radius 1 is 1.48 bits per heavy atom. The van der Waals surface area contributed by atoms with E-state index in [1.54, 1.807) is 0 Å². The molecule has 0 spiro atoms. The maximum atomic E-state index is 12.7. The Hall–Kier alpha value is -1.32. The zero-order valence-electron chi connectivity index (χ0n) is 13.2. The zero-order valence-corrected chi connectivity index (χ0v) is 13.2. The number of aliphatic carboxylic acids is 1. The highest BCUT2D eigenvalue weighted by molar-refractivity contribution is 5.78. The minimum atomic E-state index is -0.916. The second-order valence-corrected chi connectivity index (χ2v) is 7.10. The summed E-state index contributed by atoms with van der Waals surface area (Å²) in [6.45, 7) is 5.94. The highest BCUT2D eigenvalue weighted by atomic mass is 16.5. The van der Waals surface area contributed by atoms with Gasteiger partial charge in [0, 0.05) is 0 Å². The first-order chi connectivity index (χ1) is 9.82. The van der Waals surface area contributed by atoms with Crippen molar-refractivity contribution in [3.05, 3.63) is 11.6 Å². The van der Waals surface area contributed by atoms with Crippen molar-refractivity contribution in [2.75, 3.05) is 0 Å². The standard InChI is InChI=1S/C17H26O4/c1-11(2)14(8-15(18)19)21-16(20)17-6-4-5-13(10-17)7-12(3)9-17/h7,11-12,14H,4-6,8-10H2,1-3H3,(H,18,19). The lowest BCUT2D eigenvalue weighted by molar-refractivity contribution is -0.169. The van der Waals surface area contributed by atoms with Gasteiger partial charge in [0.15, 0.2) is 0 Å². The normalized spacial score (nSPS) is 29.7. The molecule has 0 heterocycles. The summed E-state index contributed by atoms with van der Waals surface area (Å²) in [7, 11) is 0. The van der Waals surface area contributed by atoms with Crippen LogP contribution in [0.5, 0.6) is 0 Å². The topological polar surface area (TPSA) is 63.6 Å². The molecule has 4 heteroatoms. The first kappa shape index (κ1) is 16.1. The van der Waals surface area contributed by atoms with Crippen molar-refractivity contribution in [2.24, 2.45) is 17.3 Å². The lowest BCUT2D eigenvalue weighted by Crippen LogP contribution is -2.42. The van der Waals surface area contributed by atoms with Crippen LogP contribution >= 0.6 is 0 Å². The predicted molar refractivity (Wildman–Crippen MR) is 79.7 cm³/mol. The number of allylic oxidation sites excluding steroid dienone is 2. The molecule has 2 rings (SSSR count). The Labute approximate surface area is 126 Å². The van der Waals surface area contributed by atoms with E-state index in [2.05, 4.69) is 13.0 Å². The summed E-state index contributed by atoms with van der Waals surface area (Å²) in [5.41, 5.74) is 0.962. The largest absolute Gasteiger partial charge is 0.481 e. The van der Waals surface area contributed by atoms with Gasteiger partial charge in [-0.25, -0.2) is 0 Å². The summed E-state index contributed by atoms with van der Waals surface area (Å²) < 4.78 is 5.64. The third kappa shape index (κ3) is 3.66. The van der Waals surface area contributed by atoms with Crippen LogP contribution in [0.4, 0.5) is 0 Å². The van der Waals surface area contributed by atoms with Crippen molar-refractivity contribution >= 4 is 11.9 Å². The van der Waals surface area contributed by atoms with Crippen molar-refractivity contribution in [3.63, 3.8) is 0 Å². The van der Waals surface area contributed by atoms with Gasteiger partial charge in [-0.15, -0.1) is 0 Å². The van der Waals surface area contributed by atoms with E-state index in [1.807, 2.05) is 13.8 Å². The van der Waals surface area contributed by atoms with Crippen LogP contribution in [0.1, 0.15) is 59.3 Å². The van der Waals surface area contributed by atoms with E-state index >= 15 is 0 Å². The fourth-order valence-electron chi connectivity index (χ4n) is 3.76. The zero-order chi connectivity index (χ0) is 15.6. The van der Waals surface area contributed by atoms with Gasteiger partial charge >= 0.3 is 11.9 Å². The minimum absolute atomic E-state index is 0.0149. The molecule has 2 bridgehead atoms. The fourth-order valence-corrected chi connectivity index (χ4v) is 3.76. The number of ether oxygens (including phenoxy) is 1. The van der Waals surface area contributed by atoms with Gasteiger partial charge in [-0.2, -0.15) is 0 Å². The molecule has 2 aliphatic rings. The Morgan fingerprint density at radius 2 is 2.19 bits per heavy atom. The van der Waals surface area contributed by atoms with E-state index in [4.69, 9.17) is 9.84 Å². The van der Waals surface area contributed by atoms with Crippen LogP contribution in [-0.2, 0) is 14.3 Å². The minimum Gasteiger partial charge on any atom is -0.481 e. The molecule has 0 aliphatic heterocycles. The van der Waals surface area contributed by atoms with Crippen LogP contribution < -0.4 is 0 Å². The van der Waals surface area contributed by atoms with Crippen LogP contribution in [0, 0.1) is 17.3 Å². The van der Waals surface area contributed by atoms with Crippen LogP contribution in [0.15, 0.2) is 11.6 Å². The number of hydrogen-bond donors (Lipinski definition) is 1. The number of carboxylic acids is 1. The number of carboxylic acid groups (broad SMARTS) is 1. The Kier molecular flexibility index (Phi) is 4.74. The molecule has 0 amide bonds. The van der Waals surface area contributed by atoms with Crippen LogP contribution in [0.3, 0.4) is 0 Å². The number of carbonyl (C=O) groups excluding carboxylic acids is 1. The number of rotatable bonds is 5. The number of carbonyl (C=O) groups is 2. The summed E-state index contributed by atoms with van der Waals surface area (Å²) in [5, 5.41) is 8.97. The highest BCUT2D eigenvalue weighted by Gasteiger charge is 2.46. The highest BCUT2D eigenvalue weighted by Crippen LogP contribution is 2.49. The molecule has 0 saturated heterocycles. The molecule has 1 fully saturated rings. The van der Waals surface area contributed by atoms with Crippen molar-refractivity contribution in [3.8, 4) is 0 Å². The van der Waals surface area contributed by atoms with Gasteiger partial charge in [-0.3, -0.25) is 9.59 Å². The molecule has 3 unspecified atom stereocenters. The van der Waals surface area contributed by atoms with E-state index in [0.29, 0.717) is 5.92 Å². The molecule has 0 radical (unpaired) electrons. The molecule has 21 heavy (non-hydrogen) atoms. The van der Waals surface area contributed by atoms with E-state index in [-0.39, 0.29) is 18.3 Å². The molecule has 4 nitrogen and oxygen atoms in total. The van der Waals surface area contributed by atoms with Gasteiger partial charge in [0.1, 0.15) is 6.10 Å². The molecular formula is C17H26O4. The average molecular weight is 294 g/mol. The van der Waals surface area contributed by atoms with E-state index < -0.39 is 17.5 Å². The first-order valence-electron chi connectivity index (χ1n) is 7.95. The molecule has 118 valence electrons. The van der Waals surface area contributed by atoms with Gasteiger partial charge in [-0.1, -0.05) is 32.4 Å². The van der Waals surface area contributed by atoms with Crippen LogP contribution in [-0.4, -0.2) is 23.1 Å². The van der Waals surface area contributed by atoms with Gasteiger partial charge in [0.05, 0.1) is 11.8 Å². The molecule has 0 aromatic rings. The van der Waals surface area contributed by atoms with Crippen molar-refractivity contribution in [2.45, 2.75) is 65.4 Å². The van der Waals surface area contributed by atoms with Gasteiger partial charge < -0.3 is 9.84 Å². The fraction of sp³-hybridized carbons (Fsp3) is 0.765. The van der Waals surface area contributed by atoms with E-state index in [9.17, 15) is 9.59 Å². The van der Waals surface area contributed by atoms with Crippen molar-refractivity contribution < 1.29 is 19.4 Å². The Morgan fingerprint density at radius 3 is 2.81 bits per heavy atom. The smallest absolute Gasteiger partial charge is 0.312 e. The SMILES string of the molecule is CC1C=C2CCCC(C(=O)OC(CC(=O)O)C(C)C)(C2)C1. The monoisotopic (exact) mass is 294 g/mol. The molecular weight excluding hydrogens is 268 g/mol. The molecule has 0 aromatic carbocycles. The second-order valence-electron chi connectivity index (χ2n) is 7.10. The number of esters is 1. The summed E-state index contributed by atoms with van der Waals surface area (Å²) >= 11 is 0. The van der Waals surface area contributed by atoms with E-state index in [0.717, 1.165) is 32.1 Å². The van der Waals surface area contributed by atoms with Crippen LogP contribution in [0.2, 0.25) is 0 Å². The third-order valence-electron chi connectivity index (χ3n) is 4.76. The van der Waals surface area contributed by atoms with Gasteiger partial charge in [0.2, 0.25) is 0 Å². The first-order valence-corrected chi connectivity index (χ1v) is 7.95. The van der Waals surface area contributed by atoms with Gasteiger partial charge in [0.25, 0.3) is 0 Å². The third-order valence-corrected chi connectivity index (χ3v) is 4.76.